The molecule has 0 bridgehead atoms. The van der Waals surface area contributed by atoms with Crippen molar-refractivity contribution in [1.29, 1.82) is 0 Å². The molecule has 0 aliphatic carbocycles. The van der Waals surface area contributed by atoms with Crippen LogP contribution < -0.4 is 0 Å². The molecule has 0 unspecified atom stereocenters. The van der Waals surface area contributed by atoms with Crippen LogP contribution in [0.2, 0.25) is 0 Å². The number of nitrogens with zero attached hydrogens (tertiary/aromatic N) is 2. The van der Waals surface area contributed by atoms with Gasteiger partial charge in [-0.3, -0.25) is 14.7 Å². The van der Waals surface area contributed by atoms with E-state index in [1.165, 1.54) is 17.5 Å². The number of carbonyl (C=O) groups is 1. The predicted octanol–water partition coefficient (Wildman–Crippen LogP) is 3.74. The number of hydrogen-bond acceptors (Lipinski definition) is 3. The summed E-state index contributed by atoms with van der Waals surface area (Å²) in [5.41, 5.74) is 4.64. The molecule has 4 heteroatoms. The number of carboxylic acids is 1. The second kappa shape index (κ2) is 7.58. The molecule has 126 valence electrons. The lowest BCUT2D eigenvalue weighted by atomic mass is 10.1. The number of rotatable bonds is 6. The van der Waals surface area contributed by atoms with Gasteiger partial charge < -0.3 is 5.11 Å². The molecule has 1 N–H and O–H groups in total. The summed E-state index contributed by atoms with van der Waals surface area (Å²) < 4.78 is 0. The molecular formula is C20H24N2O2. The summed E-state index contributed by atoms with van der Waals surface area (Å²) in [6.07, 6.45) is 2.92. The van der Waals surface area contributed by atoms with Crippen molar-refractivity contribution in [2.45, 2.75) is 45.2 Å². The molecule has 1 atom stereocenters. The molecular weight excluding hydrogens is 300 g/mol. The summed E-state index contributed by atoms with van der Waals surface area (Å²) in [5, 5.41) is 8.85. The first-order chi connectivity index (χ1) is 11.6. The van der Waals surface area contributed by atoms with Crippen molar-refractivity contribution in [2.75, 3.05) is 6.54 Å². The average Bonchev–Trinajstić information content (AvgIpc) is 3.03. The molecule has 1 aliphatic heterocycles. The molecule has 0 amide bonds. The lowest BCUT2D eigenvalue weighted by Crippen LogP contribution is -2.24. The monoisotopic (exact) mass is 324 g/mol. The summed E-state index contributed by atoms with van der Waals surface area (Å²) in [7, 11) is 0. The highest BCUT2D eigenvalue weighted by molar-refractivity contribution is 5.66. The zero-order chi connectivity index (χ0) is 16.9. The molecule has 24 heavy (non-hydrogen) atoms. The summed E-state index contributed by atoms with van der Waals surface area (Å²) >= 11 is 0. The molecule has 4 nitrogen and oxygen atoms in total. The van der Waals surface area contributed by atoms with Crippen LogP contribution in [0.5, 0.6) is 0 Å². The van der Waals surface area contributed by atoms with Crippen LogP contribution in [0.4, 0.5) is 0 Å². The van der Waals surface area contributed by atoms with E-state index in [9.17, 15) is 4.79 Å². The van der Waals surface area contributed by atoms with Gasteiger partial charge in [0.1, 0.15) is 0 Å². The van der Waals surface area contributed by atoms with Crippen molar-refractivity contribution in [3.05, 3.63) is 65.0 Å². The van der Waals surface area contributed by atoms with E-state index in [0.29, 0.717) is 12.5 Å². The van der Waals surface area contributed by atoms with Gasteiger partial charge >= 0.3 is 5.97 Å². The summed E-state index contributed by atoms with van der Waals surface area (Å²) in [5.74, 6) is -0.774. The smallest absolute Gasteiger partial charge is 0.303 e. The predicted molar refractivity (Wildman–Crippen MR) is 93.8 cm³/mol. The Morgan fingerprint density at radius 1 is 1.25 bits per heavy atom. The Labute approximate surface area is 143 Å². The zero-order valence-electron chi connectivity index (χ0n) is 14.1. The third-order valence-corrected chi connectivity index (χ3v) is 4.76. The summed E-state index contributed by atoms with van der Waals surface area (Å²) in [6, 6.07) is 14.9. The minimum absolute atomic E-state index is 0.133. The van der Waals surface area contributed by atoms with Crippen LogP contribution in [-0.4, -0.2) is 27.5 Å². The summed E-state index contributed by atoms with van der Waals surface area (Å²) in [4.78, 5) is 18.0. The molecule has 0 radical (unpaired) electrons. The number of aryl methyl sites for hydroxylation is 2. The lowest BCUT2D eigenvalue weighted by Gasteiger charge is -2.25. The molecule has 1 aliphatic rings. The molecule has 3 rings (SSSR count). The van der Waals surface area contributed by atoms with E-state index in [4.69, 9.17) is 10.1 Å². The third kappa shape index (κ3) is 4.01. The number of carboxylic acid groups (broad SMARTS) is 1. The van der Waals surface area contributed by atoms with Gasteiger partial charge in [0, 0.05) is 18.7 Å². The fourth-order valence-corrected chi connectivity index (χ4v) is 3.41. The molecule has 2 heterocycles. The first-order valence-electron chi connectivity index (χ1n) is 8.59. The fourth-order valence-electron chi connectivity index (χ4n) is 3.41. The quantitative estimate of drug-likeness (QED) is 0.879. The van der Waals surface area contributed by atoms with Gasteiger partial charge in [-0.2, -0.15) is 0 Å². The maximum absolute atomic E-state index is 10.8. The van der Waals surface area contributed by atoms with Crippen LogP contribution in [0, 0.1) is 6.92 Å². The maximum Gasteiger partial charge on any atom is 0.303 e. The Hall–Kier alpha value is -2.20. The Balaban J connectivity index is 1.74. The number of aliphatic carboxylic acids is 1. The Morgan fingerprint density at radius 2 is 2.08 bits per heavy atom. The molecule has 1 fully saturated rings. The SMILES string of the molecule is Cc1ccccc1CN1CCC[C@@H]1c1cccc(CCC(=O)O)n1. The van der Waals surface area contributed by atoms with Gasteiger partial charge in [-0.15, -0.1) is 0 Å². The van der Waals surface area contributed by atoms with Gasteiger partial charge in [-0.1, -0.05) is 30.3 Å². The minimum atomic E-state index is -0.774. The van der Waals surface area contributed by atoms with Crippen molar-refractivity contribution < 1.29 is 9.90 Å². The number of pyridine rings is 1. The topological polar surface area (TPSA) is 53.4 Å². The zero-order valence-corrected chi connectivity index (χ0v) is 14.1. The number of hydrogen-bond donors (Lipinski definition) is 1. The van der Waals surface area contributed by atoms with Crippen LogP contribution in [0.3, 0.4) is 0 Å². The highest BCUT2D eigenvalue weighted by Crippen LogP contribution is 2.32. The highest BCUT2D eigenvalue weighted by Gasteiger charge is 2.27. The molecule has 0 saturated carbocycles. The summed E-state index contributed by atoms with van der Waals surface area (Å²) in [6.45, 7) is 4.18. The Morgan fingerprint density at radius 3 is 2.88 bits per heavy atom. The average molecular weight is 324 g/mol. The van der Waals surface area contributed by atoms with Crippen molar-refractivity contribution in [2.24, 2.45) is 0 Å². The van der Waals surface area contributed by atoms with Crippen LogP contribution in [0.25, 0.3) is 0 Å². The van der Waals surface area contributed by atoms with Gasteiger partial charge in [0.2, 0.25) is 0 Å². The van der Waals surface area contributed by atoms with E-state index in [-0.39, 0.29) is 6.42 Å². The van der Waals surface area contributed by atoms with E-state index in [0.717, 1.165) is 30.9 Å². The fraction of sp³-hybridized carbons (Fsp3) is 0.400. The van der Waals surface area contributed by atoms with Crippen molar-refractivity contribution in [3.63, 3.8) is 0 Å². The lowest BCUT2D eigenvalue weighted by molar-refractivity contribution is -0.136. The largest absolute Gasteiger partial charge is 0.481 e. The molecule has 2 aromatic rings. The minimum Gasteiger partial charge on any atom is -0.481 e. The van der Waals surface area contributed by atoms with Crippen LogP contribution in [0.15, 0.2) is 42.5 Å². The third-order valence-electron chi connectivity index (χ3n) is 4.76. The first-order valence-corrected chi connectivity index (χ1v) is 8.59. The van der Waals surface area contributed by atoms with E-state index in [1.807, 2.05) is 12.1 Å². The molecule has 0 spiro atoms. The van der Waals surface area contributed by atoms with Crippen molar-refractivity contribution >= 4 is 5.97 Å². The second-order valence-corrected chi connectivity index (χ2v) is 6.50. The normalized spacial score (nSPS) is 18.0. The van der Waals surface area contributed by atoms with E-state index in [2.05, 4.69) is 42.2 Å². The van der Waals surface area contributed by atoms with E-state index < -0.39 is 5.97 Å². The van der Waals surface area contributed by atoms with Gasteiger partial charge in [-0.25, -0.2) is 0 Å². The van der Waals surface area contributed by atoms with Gasteiger partial charge in [0.15, 0.2) is 0 Å². The van der Waals surface area contributed by atoms with Gasteiger partial charge in [-0.05, 0) is 49.6 Å². The highest BCUT2D eigenvalue weighted by atomic mass is 16.4. The standard InChI is InChI=1S/C20H24N2O2/c1-15-6-2-3-7-16(15)14-22-13-5-10-19(22)18-9-4-8-17(21-18)11-12-20(23)24/h2-4,6-9,19H,5,10-14H2,1H3,(H,23,24)/t19-/m1/s1. The number of benzene rings is 1. The van der Waals surface area contributed by atoms with Crippen LogP contribution in [-0.2, 0) is 17.8 Å². The number of aromatic nitrogens is 1. The van der Waals surface area contributed by atoms with Gasteiger partial charge in [0.25, 0.3) is 0 Å². The van der Waals surface area contributed by atoms with Crippen LogP contribution in [0.1, 0.15) is 47.8 Å². The van der Waals surface area contributed by atoms with E-state index in [1.54, 1.807) is 0 Å². The molecule has 1 aromatic heterocycles. The number of likely N-dealkylation sites (tertiary alicyclic amines) is 1. The van der Waals surface area contributed by atoms with Crippen LogP contribution >= 0.6 is 0 Å². The maximum atomic E-state index is 10.8. The van der Waals surface area contributed by atoms with Crippen molar-refractivity contribution in [1.82, 2.24) is 9.88 Å². The molecule has 1 saturated heterocycles. The van der Waals surface area contributed by atoms with Crippen molar-refractivity contribution in [3.8, 4) is 0 Å². The second-order valence-electron chi connectivity index (χ2n) is 6.50. The van der Waals surface area contributed by atoms with Gasteiger partial charge in [0.05, 0.1) is 18.2 Å². The first kappa shape index (κ1) is 16.7. The molecule has 1 aromatic carbocycles. The van der Waals surface area contributed by atoms with E-state index >= 15 is 0 Å². The Bertz CT molecular complexity index is 714. The Kier molecular flexibility index (Phi) is 5.26.